The Bertz CT molecular complexity index is 1600. The summed E-state index contributed by atoms with van der Waals surface area (Å²) in [6.45, 7) is 8.90. The van der Waals surface area contributed by atoms with Crippen molar-refractivity contribution in [2.75, 3.05) is 48.9 Å². The van der Waals surface area contributed by atoms with Gasteiger partial charge in [0, 0.05) is 44.3 Å². The van der Waals surface area contributed by atoms with Crippen molar-refractivity contribution in [1.82, 2.24) is 15.2 Å². The maximum atomic E-state index is 13.0. The first-order chi connectivity index (χ1) is 18.7. The van der Waals surface area contributed by atoms with Crippen LogP contribution in [0.2, 0.25) is 5.02 Å². The number of nitrogens with one attached hydrogen (secondary N) is 2. The molecule has 1 aromatic heterocycles. The molecule has 1 amide bonds. The predicted molar refractivity (Wildman–Crippen MR) is 159 cm³/mol. The van der Waals surface area contributed by atoms with Gasteiger partial charge in [0.1, 0.15) is 0 Å². The van der Waals surface area contributed by atoms with E-state index in [0.717, 1.165) is 36.8 Å². The molecule has 2 N–H and O–H groups in total. The fourth-order valence-electron chi connectivity index (χ4n) is 4.67. The fourth-order valence-corrected chi connectivity index (χ4v) is 6.95. The van der Waals surface area contributed by atoms with Crippen molar-refractivity contribution >= 4 is 59.9 Å². The number of nitrogens with zero attached hydrogens (tertiary/aromatic N) is 3. The van der Waals surface area contributed by atoms with Crippen LogP contribution in [0.3, 0.4) is 0 Å². The van der Waals surface area contributed by atoms with E-state index in [9.17, 15) is 13.2 Å². The Morgan fingerprint density at radius 2 is 1.74 bits per heavy atom. The minimum absolute atomic E-state index is 0.0670. The zero-order valence-corrected chi connectivity index (χ0v) is 24.2. The molecule has 0 saturated carbocycles. The van der Waals surface area contributed by atoms with E-state index in [1.807, 2.05) is 0 Å². The Labute approximate surface area is 237 Å². The minimum atomic E-state index is -3.87. The highest BCUT2D eigenvalue weighted by Gasteiger charge is 2.22. The Hall–Kier alpha value is -3.18. The van der Waals surface area contributed by atoms with E-state index >= 15 is 0 Å². The predicted octanol–water partition coefficient (Wildman–Crippen LogP) is 4.92. The summed E-state index contributed by atoms with van der Waals surface area (Å²) in [5.41, 5.74) is 4.04. The summed E-state index contributed by atoms with van der Waals surface area (Å²) in [5.74, 6) is -0.330. The Kier molecular flexibility index (Phi) is 8.08. The highest BCUT2D eigenvalue weighted by molar-refractivity contribution is 7.92. The standard InChI is InChI=1S/C28H30ClN5O3S2/c1-19-17-20(2)26-25(18-19)31-28(38-26)34-15-13-33(14-16-34)12-11-30-27(35)23-5-3-4-6-24(23)32-39(36,37)22-9-7-21(29)8-10-22/h3-10,17-18,32H,11-16H2,1-2H3,(H,30,35). The molecule has 39 heavy (non-hydrogen) atoms. The zero-order chi connectivity index (χ0) is 27.6. The van der Waals surface area contributed by atoms with Crippen LogP contribution in [0.25, 0.3) is 10.2 Å². The van der Waals surface area contributed by atoms with Crippen LogP contribution >= 0.6 is 22.9 Å². The van der Waals surface area contributed by atoms with Crippen molar-refractivity contribution in [2.45, 2.75) is 18.7 Å². The Morgan fingerprint density at radius 1 is 1.03 bits per heavy atom. The summed E-state index contributed by atoms with van der Waals surface area (Å²) in [5, 5.41) is 4.44. The first kappa shape index (κ1) is 27.4. The Morgan fingerprint density at radius 3 is 2.49 bits per heavy atom. The summed E-state index contributed by atoms with van der Waals surface area (Å²) in [7, 11) is -3.87. The summed E-state index contributed by atoms with van der Waals surface area (Å²) in [4.78, 5) is 22.5. The molecule has 5 rings (SSSR count). The number of anilines is 2. The molecule has 1 fully saturated rings. The largest absolute Gasteiger partial charge is 0.351 e. The van der Waals surface area contributed by atoms with Crippen molar-refractivity contribution in [2.24, 2.45) is 0 Å². The SMILES string of the molecule is Cc1cc(C)c2sc(N3CCN(CCNC(=O)c4ccccc4NS(=O)(=O)c4ccc(Cl)cc4)CC3)nc2c1. The van der Waals surface area contributed by atoms with E-state index in [1.54, 1.807) is 35.6 Å². The van der Waals surface area contributed by atoms with Crippen LogP contribution in [0.15, 0.2) is 65.6 Å². The fraction of sp³-hybridized carbons (Fsp3) is 0.286. The van der Waals surface area contributed by atoms with Crippen LogP contribution in [-0.4, -0.2) is 63.5 Å². The topological polar surface area (TPSA) is 94.6 Å². The van der Waals surface area contributed by atoms with Crippen LogP contribution < -0.4 is 14.9 Å². The second-order valence-electron chi connectivity index (χ2n) is 9.62. The van der Waals surface area contributed by atoms with Crippen molar-refractivity contribution in [3.05, 3.63) is 82.4 Å². The number of aryl methyl sites for hydroxylation is 2. The molecular weight excluding hydrogens is 554 g/mol. The quantitative estimate of drug-likeness (QED) is 0.306. The molecule has 1 aliphatic rings. The average molecular weight is 584 g/mol. The van der Waals surface area contributed by atoms with Gasteiger partial charge < -0.3 is 10.2 Å². The van der Waals surface area contributed by atoms with Gasteiger partial charge in [0.15, 0.2) is 5.13 Å². The number of hydrogen-bond donors (Lipinski definition) is 2. The number of aromatic nitrogens is 1. The van der Waals surface area contributed by atoms with Gasteiger partial charge in [0.2, 0.25) is 0 Å². The number of amides is 1. The third kappa shape index (κ3) is 6.36. The summed E-state index contributed by atoms with van der Waals surface area (Å²) in [6, 6.07) is 16.8. The lowest BCUT2D eigenvalue weighted by Crippen LogP contribution is -2.48. The van der Waals surface area contributed by atoms with Crippen LogP contribution in [0.4, 0.5) is 10.8 Å². The molecule has 0 unspecified atom stereocenters. The molecular formula is C28H30ClN5O3S2. The van der Waals surface area contributed by atoms with E-state index in [4.69, 9.17) is 16.6 Å². The molecule has 11 heteroatoms. The maximum absolute atomic E-state index is 13.0. The van der Waals surface area contributed by atoms with E-state index in [0.29, 0.717) is 18.1 Å². The lowest BCUT2D eigenvalue weighted by molar-refractivity contribution is 0.0948. The lowest BCUT2D eigenvalue weighted by atomic mass is 10.1. The molecule has 2 heterocycles. The van der Waals surface area contributed by atoms with Crippen molar-refractivity contribution in [3.8, 4) is 0 Å². The van der Waals surface area contributed by atoms with Crippen molar-refractivity contribution in [1.29, 1.82) is 0 Å². The van der Waals surface area contributed by atoms with Crippen LogP contribution in [0.1, 0.15) is 21.5 Å². The van der Waals surface area contributed by atoms with Gasteiger partial charge in [0.25, 0.3) is 15.9 Å². The zero-order valence-electron chi connectivity index (χ0n) is 21.8. The lowest BCUT2D eigenvalue weighted by Gasteiger charge is -2.34. The number of thiazole rings is 1. The number of rotatable bonds is 8. The molecule has 4 aromatic rings. The van der Waals surface area contributed by atoms with Crippen LogP contribution in [0.5, 0.6) is 0 Å². The maximum Gasteiger partial charge on any atom is 0.261 e. The molecule has 0 spiro atoms. The summed E-state index contributed by atoms with van der Waals surface area (Å²) >= 11 is 7.63. The number of fused-ring (bicyclic) bond motifs is 1. The van der Waals surface area contributed by atoms with Gasteiger partial charge in [-0.1, -0.05) is 41.1 Å². The highest BCUT2D eigenvalue weighted by Crippen LogP contribution is 2.32. The molecule has 8 nitrogen and oxygen atoms in total. The number of hydrogen-bond acceptors (Lipinski definition) is 7. The van der Waals surface area contributed by atoms with E-state index < -0.39 is 10.0 Å². The number of piperazine rings is 1. The average Bonchev–Trinajstić information content (AvgIpc) is 3.34. The number of carbonyl (C=O) groups excluding carboxylic acids is 1. The van der Waals surface area contributed by atoms with E-state index in [1.165, 1.54) is 40.1 Å². The first-order valence-corrected chi connectivity index (χ1v) is 15.4. The second kappa shape index (κ2) is 11.5. The first-order valence-electron chi connectivity index (χ1n) is 12.7. The van der Waals surface area contributed by atoms with Gasteiger partial charge in [-0.3, -0.25) is 14.4 Å². The van der Waals surface area contributed by atoms with Crippen molar-refractivity contribution < 1.29 is 13.2 Å². The number of para-hydroxylation sites is 1. The number of benzene rings is 3. The molecule has 0 aliphatic carbocycles. The normalized spacial score (nSPS) is 14.5. The molecule has 0 atom stereocenters. The highest BCUT2D eigenvalue weighted by atomic mass is 35.5. The van der Waals surface area contributed by atoms with E-state index in [2.05, 4.69) is 45.8 Å². The minimum Gasteiger partial charge on any atom is -0.351 e. The number of sulfonamides is 1. The van der Waals surface area contributed by atoms with Gasteiger partial charge in [0.05, 0.1) is 26.4 Å². The monoisotopic (exact) mass is 583 g/mol. The van der Waals surface area contributed by atoms with Gasteiger partial charge in [-0.15, -0.1) is 0 Å². The van der Waals surface area contributed by atoms with Gasteiger partial charge in [-0.25, -0.2) is 13.4 Å². The van der Waals surface area contributed by atoms with Crippen LogP contribution in [-0.2, 0) is 10.0 Å². The second-order valence-corrected chi connectivity index (χ2v) is 12.7. The smallest absolute Gasteiger partial charge is 0.261 e. The molecule has 3 aromatic carbocycles. The molecule has 204 valence electrons. The Balaban J connectivity index is 1.14. The van der Waals surface area contributed by atoms with Crippen LogP contribution in [0, 0.1) is 13.8 Å². The molecule has 0 bridgehead atoms. The van der Waals surface area contributed by atoms with Gasteiger partial charge >= 0.3 is 0 Å². The summed E-state index contributed by atoms with van der Waals surface area (Å²) in [6.07, 6.45) is 0. The van der Waals surface area contributed by atoms with Crippen molar-refractivity contribution in [3.63, 3.8) is 0 Å². The molecule has 1 aliphatic heterocycles. The van der Waals surface area contributed by atoms with Gasteiger partial charge in [-0.05, 0) is 67.4 Å². The molecule has 1 saturated heterocycles. The number of carbonyl (C=O) groups is 1. The number of halogens is 1. The molecule has 0 radical (unpaired) electrons. The summed E-state index contributed by atoms with van der Waals surface area (Å²) < 4.78 is 29.4. The third-order valence-electron chi connectivity index (χ3n) is 6.71. The van der Waals surface area contributed by atoms with E-state index in [-0.39, 0.29) is 22.1 Å². The third-order valence-corrected chi connectivity index (χ3v) is 9.61. The van der Waals surface area contributed by atoms with Gasteiger partial charge in [-0.2, -0.15) is 0 Å².